The third kappa shape index (κ3) is 7.20. The third-order valence-corrected chi connectivity index (χ3v) is 6.93. The number of oxime groups is 1. The molecule has 3 rings (SSSR count). The van der Waals surface area contributed by atoms with Crippen molar-refractivity contribution in [2.24, 2.45) is 14.5 Å². The van der Waals surface area contributed by atoms with Crippen LogP contribution in [0.15, 0.2) is 61.4 Å². The van der Waals surface area contributed by atoms with Crippen LogP contribution in [-0.4, -0.2) is 48.6 Å². The van der Waals surface area contributed by atoms with Gasteiger partial charge in [0.1, 0.15) is 17.7 Å². The number of benzene rings is 2. The van der Waals surface area contributed by atoms with Crippen LogP contribution in [0.4, 0.5) is 10.1 Å². The summed E-state index contributed by atoms with van der Waals surface area (Å²) >= 11 is 3.10. The number of rotatable bonds is 9. The third-order valence-electron chi connectivity index (χ3n) is 4.62. The molecule has 0 amide bonds. The lowest BCUT2D eigenvalue weighted by atomic mass is 10.2. The molecule has 0 saturated heterocycles. The van der Waals surface area contributed by atoms with Crippen molar-refractivity contribution in [3.63, 3.8) is 0 Å². The van der Waals surface area contributed by atoms with Gasteiger partial charge < -0.3 is 4.74 Å². The Bertz CT molecular complexity index is 1150. The Morgan fingerprint density at radius 3 is 2.79 bits per heavy atom. The molecule has 10 nitrogen and oxygen atoms in total. The molecule has 0 fully saturated rings. The van der Waals surface area contributed by atoms with Crippen molar-refractivity contribution in [3.05, 3.63) is 58.3 Å². The molecule has 0 bridgehead atoms. The van der Waals surface area contributed by atoms with Crippen LogP contribution in [0.2, 0.25) is 0 Å². The van der Waals surface area contributed by atoms with Gasteiger partial charge in [0.2, 0.25) is 0 Å². The summed E-state index contributed by atoms with van der Waals surface area (Å²) < 4.78 is 32.0. The Hall–Kier alpha value is -2.58. The summed E-state index contributed by atoms with van der Waals surface area (Å²) in [7, 11) is -0.335. The minimum atomic E-state index is -1.95. The predicted octanol–water partition coefficient (Wildman–Crippen LogP) is 3.34. The summed E-state index contributed by atoms with van der Waals surface area (Å²) in [4.78, 5) is 9.19. The molecule has 5 N–H and O–H groups in total. The van der Waals surface area contributed by atoms with E-state index in [4.69, 9.17) is 14.5 Å². The van der Waals surface area contributed by atoms with E-state index in [2.05, 4.69) is 41.2 Å². The van der Waals surface area contributed by atoms with Gasteiger partial charge in [0.15, 0.2) is 11.5 Å². The zero-order chi connectivity index (χ0) is 23.8. The van der Waals surface area contributed by atoms with Crippen LogP contribution in [0, 0.1) is 10.6 Å². The van der Waals surface area contributed by atoms with E-state index >= 15 is 0 Å². The van der Waals surface area contributed by atoms with Crippen molar-refractivity contribution in [2.75, 3.05) is 25.7 Å². The highest BCUT2D eigenvalue weighted by molar-refractivity contribution is 9.10. The van der Waals surface area contributed by atoms with E-state index in [1.165, 1.54) is 18.2 Å². The van der Waals surface area contributed by atoms with Gasteiger partial charge in [-0.2, -0.15) is 0 Å². The molecule has 1 heterocycles. The molecular weight excluding hydrogens is 517 g/mol. The van der Waals surface area contributed by atoms with Crippen LogP contribution < -0.4 is 21.0 Å². The summed E-state index contributed by atoms with van der Waals surface area (Å²) in [6.07, 6.45) is 1.24. The summed E-state index contributed by atoms with van der Waals surface area (Å²) in [5.41, 5.74) is 6.35. The first-order chi connectivity index (χ1) is 15.8. The number of hydrogen-bond acceptors (Lipinski definition) is 9. The number of ether oxygens (including phenoxy) is 1. The first-order valence-corrected chi connectivity index (χ1v) is 12.8. The Balaban J connectivity index is 1.59. The van der Waals surface area contributed by atoms with Gasteiger partial charge in [0, 0.05) is 18.6 Å². The fourth-order valence-corrected chi connectivity index (χ4v) is 4.24. The molecule has 2 aromatic rings. The maximum Gasteiger partial charge on any atom is 0.178 e. The molecule has 1 aliphatic heterocycles. The number of hydroxylamine groups is 2. The Morgan fingerprint density at radius 1 is 1.36 bits per heavy atom. The van der Waals surface area contributed by atoms with Crippen molar-refractivity contribution >= 4 is 42.8 Å². The van der Waals surface area contributed by atoms with Gasteiger partial charge in [-0.3, -0.25) is 30.1 Å². The molecule has 1 aliphatic rings. The molecule has 0 spiro atoms. The van der Waals surface area contributed by atoms with Gasteiger partial charge >= 0.3 is 0 Å². The molecule has 33 heavy (non-hydrogen) atoms. The lowest BCUT2D eigenvalue weighted by Gasteiger charge is -2.15. The van der Waals surface area contributed by atoms with Gasteiger partial charge in [-0.15, -0.1) is 5.48 Å². The standard InChI is InChI=1S/C20H25BrFN7O3S/c1-31-15-6-3-13(4-7-15)12-25-33(2,23)10-9-24-19-18(28-32-29-19)20(27-30)26-14-5-8-17(22)16(21)11-14/h3-8,11,19,23-24,29-30H,9-10,12H2,1-2H3,(H,26,27). The number of halogens is 2. The van der Waals surface area contributed by atoms with Crippen LogP contribution in [0.25, 0.3) is 0 Å². The van der Waals surface area contributed by atoms with Crippen LogP contribution in [0.3, 0.4) is 0 Å². The average Bonchev–Trinajstić information content (AvgIpc) is 3.27. The number of hydrogen-bond donors (Lipinski definition) is 5. The second-order valence-electron chi connectivity index (χ2n) is 7.12. The van der Waals surface area contributed by atoms with E-state index in [9.17, 15) is 9.60 Å². The Morgan fingerprint density at radius 2 is 2.12 bits per heavy atom. The maximum atomic E-state index is 13.4. The molecule has 0 saturated carbocycles. The van der Waals surface area contributed by atoms with Crippen molar-refractivity contribution in [1.82, 2.24) is 16.3 Å². The molecule has 2 atom stereocenters. The number of amidine groups is 1. The van der Waals surface area contributed by atoms with E-state index in [-0.39, 0.29) is 16.0 Å². The molecule has 0 aromatic heterocycles. The second kappa shape index (κ2) is 11.5. The van der Waals surface area contributed by atoms with Crippen molar-refractivity contribution in [3.8, 4) is 5.75 Å². The van der Waals surface area contributed by atoms with E-state index in [1.54, 1.807) is 7.11 Å². The monoisotopic (exact) mass is 541 g/mol. The first kappa shape index (κ1) is 25.1. The fourth-order valence-electron chi connectivity index (χ4n) is 2.79. The minimum Gasteiger partial charge on any atom is -0.497 e. The zero-order valence-electron chi connectivity index (χ0n) is 18.0. The predicted molar refractivity (Wildman–Crippen MR) is 130 cm³/mol. The molecule has 0 radical (unpaired) electrons. The topological polar surface area (TPSA) is 136 Å². The normalized spacial score (nSPS) is 17.7. The van der Waals surface area contributed by atoms with Gasteiger partial charge in [-0.1, -0.05) is 26.9 Å². The Kier molecular flexibility index (Phi) is 8.74. The zero-order valence-corrected chi connectivity index (χ0v) is 20.4. The van der Waals surface area contributed by atoms with E-state index in [0.29, 0.717) is 24.5 Å². The highest BCUT2D eigenvalue weighted by Gasteiger charge is 2.27. The summed E-state index contributed by atoms with van der Waals surface area (Å²) in [5.74, 6) is 0.883. The van der Waals surface area contributed by atoms with E-state index in [1.807, 2.05) is 36.0 Å². The number of methoxy groups -OCH3 is 1. The summed E-state index contributed by atoms with van der Waals surface area (Å²) in [5, 5.41) is 16.6. The first-order valence-electron chi connectivity index (χ1n) is 9.80. The van der Waals surface area contributed by atoms with Crippen molar-refractivity contribution in [1.29, 1.82) is 4.78 Å². The summed E-state index contributed by atoms with van der Waals surface area (Å²) in [6, 6.07) is 11.8. The second-order valence-corrected chi connectivity index (χ2v) is 10.7. The smallest absolute Gasteiger partial charge is 0.178 e. The molecule has 13 heteroatoms. The summed E-state index contributed by atoms with van der Waals surface area (Å²) in [6.45, 7) is 0.900. The minimum absolute atomic E-state index is 0.0289. The Labute approximate surface area is 199 Å². The number of aliphatic imine (C=N–C) groups is 1. The lowest BCUT2D eigenvalue weighted by Crippen LogP contribution is -2.49. The van der Waals surface area contributed by atoms with Crippen LogP contribution in [-0.2, 0) is 21.1 Å². The average molecular weight is 542 g/mol. The van der Waals surface area contributed by atoms with Gasteiger partial charge in [0.25, 0.3) is 0 Å². The van der Waals surface area contributed by atoms with Gasteiger partial charge in [0.05, 0.1) is 23.8 Å². The van der Waals surface area contributed by atoms with Crippen molar-refractivity contribution in [2.45, 2.75) is 12.7 Å². The van der Waals surface area contributed by atoms with Gasteiger partial charge in [-0.25, -0.2) is 9.38 Å². The van der Waals surface area contributed by atoms with Crippen LogP contribution in [0.1, 0.15) is 5.56 Å². The number of nitrogens with zero attached hydrogens (tertiary/aromatic N) is 3. The van der Waals surface area contributed by atoms with E-state index < -0.39 is 21.6 Å². The highest BCUT2D eigenvalue weighted by Crippen LogP contribution is 2.22. The molecule has 0 aliphatic carbocycles. The SMILES string of the molecule is COc1ccc(CN=S(C)(=N)CCNC2NON=C2C(=Nc2ccc(F)c(Br)c2)NO)cc1. The molecule has 2 unspecified atom stereocenters. The lowest BCUT2D eigenvalue weighted by molar-refractivity contribution is 0.0543. The van der Waals surface area contributed by atoms with Crippen LogP contribution >= 0.6 is 15.9 Å². The maximum absolute atomic E-state index is 13.4. The van der Waals surface area contributed by atoms with Crippen LogP contribution in [0.5, 0.6) is 5.75 Å². The number of nitrogens with one attached hydrogen (secondary N) is 4. The molecule has 2 aromatic carbocycles. The quantitative estimate of drug-likeness (QED) is 0.187. The molecular formula is C20H25BrFN7O3S. The molecule has 178 valence electrons. The largest absolute Gasteiger partial charge is 0.497 e. The fraction of sp³-hybridized carbons (Fsp3) is 0.300. The van der Waals surface area contributed by atoms with E-state index in [0.717, 1.165) is 11.3 Å². The van der Waals surface area contributed by atoms with Gasteiger partial charge in [-0.05, 0) is 51.8 Å². The van der Waals surface area contributed by atoms with Crippen molar-refractivity contribution < 1.29 is 19.3 Å². The highest BCUT2D eigenvalue weighted by atomic mass is 79.9.